The van der Waals surface area contributed by atoms with Crippen molar-refractivity contribution >= 4 is 56.6 Å². The van der Waals surface area contributed by atoms with Crippen LogP contribution in [0.5, 0.6) is 0 Å². The van der Waals surface area contributed by atoms with E-state index in [1.54, 1.807) is 18.2 Å². The second kappa shape index (κ2) is 9.67. The van der Waals surface area contributed by atoms with E-state index in [0.717, 1.165) is 10.2 Å². The summed E-state index contributed by atoms with van der Waals surface area (Å²) < 4.78 is 0. The zero-order valence-corrected chi connectivity index (χ0v) is 10.6. The van der Waals surface area contributed by atoms with Crippen LogP contribution in [0.1, 0.15) is 10.4 Å². The van der Waals surface area contributed by atoms with E-state index in [4.69, 9.17) is 20.0 Å². The van der Waals surface area contributed by atoms with Crippen molar-refractivity contribution in [1.29, 1.82) is 0 Å². The number of amidine groups is 1. The number of rotatable bonds is 4. The van der Waals surface area contributed by atoms with Crippen molar-refractivity contribution < 1.29 is 24.8 Å². The van der Waals surface area contributed by atoms with Gasteiger partial charge in [-0.25, -0.2) is 0 Å². The maximum atomic E-state index is 10.8. The molecule has 1 aromatic carbocycles. The van der Waals surface area contributed by atoms with Crippen molar-refractivity contribution in [3.05, 3.63) is 42.5 Å². The second-order valence-corrected chi connectivity index (χ2v) is 4.09. The number of aliphatic imine (C=N–C) groups is 1. The molecule has 0 aliphatic carbocycles. The number of anilines is 1. The SMILES string of the molecule is C=CC/N=C(/Nc1cccc(C(=O)O)c1)[S][Cu].[NaH]. The van der Waals surface area contributed by atoms with Gasteiger partial charge in [-0.3, -0.25) is 0 Å². The van der Waals surface area contributed by atoms with E-state index in [9.17, 15) is 4.79 Å². The molecule has 0 saturated heterocycles. The fourth-order valence-electron chi connectivity index (χ4n) is 1.08. The molecule has 1 aromatic rings. The fraction of sp³-hybridized carbons (Fsp3) is 0.0909. The molecule has 0 heterocycles. The Hall–Kier alpha value is -0.231. The summed E-state index contributed by atoms with van der Waals surface area (Å²) in [6.45, 7) is 4.01. The number of benzene rings is 1. The van der Waals surface area contributed by atoms with E-state index < -0.39 is 5.97 Å². The molecular weight excluding hydrogens is 311 g/mol. The predicted molar refractivity (Wildman–Crippen MR) is 74.3 cm³/mol. The Kier molecular flexibility index (Phi) is 9.54. The van der Waals surface area contributed by atoms with Crippen LogP contribution >= 0.6 is 10.2 Å². The molecule has 0 radical (unpaired) electrons. The third-order valence-electron chi connectivity index (χ3n) is 1.78. The molecule has 4 nitrogen and oxygen atoms in total. The summed E-state index contributed by atoms with van der Waals surface area (Å²) in [7, 11) is 1.03. The van der Waals surface area contributed by atoms with E-state index in [0.29, 0.717) is 17.4 Å². The number of carboxylic acid groups (broad SMARTS) is 1. The van der Waals surface area contributed by atoms with Crippen LogP contribution in [0.3, 0.4) is 0 Å². The number of nitrogens with zero attached hydrogens (tertiary/aromatic N) is 1. The number of nitrogens with one attached hydrogen (secondary N) is 1. The van der Waals surface area contributed by atoms with Gasteiger partial charge in [-0.2, -0.15) is 0 Å². The van der Waals surface area contributed by atoms with Gasteiger partial charge in [-0.05, 0) is 0 Å². The molecule has 7 heteroatoms. The van der Waals surface area contributed by atoms with Crippen molar-refractivity contribution in [2.75, 3.05) is 11.9 Å². The normalized spacial score (nSPS) is 10.4. The molecule has 0 bridgehead atoms. The van der Waals surface area contributed by atoms with Crippen LogP contribution in [-0.4, -0.2) is 52.3 Å². The van der Waals surface area contributed by atoms with Crippen LogP contribution < -0.4 is 5.32 Å². The van der Waals surface area contributed by atoms with Crippen molar-refractivity contribution in [3.8, 4) is 0 Å². The second-order valence-electron chi connectivity index (χ2n) is 3.01. The molecular formula is C11H12CuN2NaO2S. The summed E-state index contributed by atoms with van der Waals surface area (Å²) in [5.41, 5.74) is 0.854. The molecule has 0 spiro atoms. The third kappa shape index (κ3) is 6.09. The van der Waals surface area contributed by atoms with Crippen LogP contribution in [0, 0.1) is 0 Å². The molecule has 2 N–H and O–H groups in total. The van der Waals surface area contributed by atoms with Crippen molar-refractivity contribution in [1.82, 2.24) is 0 Å². The number of carbonyl (C=O) groups is 1. The average molecular weight is 323 g/mol. The van der Waals surface area contributed by atoms with Crippen LogP contribution in [-0.2, 0) is 14.9 Å². The molecule has 0 aromatic heterocycles. The summed E-state index contributed by atoms with van der Waals surface area (Å²) in [6.07, 6.45) is 1.65. The zero-order valence-electron chi connectivity index (χ0n) is 8.81. The number of aromatic carboxylic acids is 1. The van der Waals surface area contributed by atoms with Gasteiger partial charge in [0.15, 0.2) is 0 Å². The Morgan fingerprint density at radius 1 is 1.61 bits per heavy atom. The number of hydrogen-bond donors (Lipinski definition) is 2. The van der Waals surface area contributed by atoms with Crippen LogP contribution in [0.2, 0.25) is 0 Å². The standard InChI is InChI=1S/C11H12N2O2S.Cu.Na.H/c1-2-6-12-11(16)13-9-5-3-4-8(7-9)10(14)15;;;/h2-5,7H,1,6H2,(H,14,15)(H2,12,13,16);;;/q;+1;;/p-1. The molecule has 0 atom stereocenters. The first-order valence-electron chi connectivity index (χ1n) is 4.68. The van der Waals surface area contributed by atoms with Gasteiger partial charge in [0.2, 0.25) is 0 Å². The number of hydrogen-bond acceptors (Lipinski definition) is 3. The molecule has 0 aliphatic heterocycles. The van der Waals surface area contributed by atoms with Gasteiger partial charge in [0.1, 0.15) is 0 Å². The van der Waals surface area contributed by atoms with Crippen molar-refractivity contribution in [3.63, 3.8) is 0 Å². The summed E-state index contributed by atoms with van der Waals surface area (Å²) in [5.74, 6) is -0.970. The quantitative estimate of drug-likeness (QED) is 0.384. The minimum absolute atomic E-state index is 0. The topological polar surface area (TPSA) is 61.7 Å². The molecule has 18 heavy (non-hydrogen) atoms. The van der Waals surface area contributed by atoms with Gasteiger partial charge in [-0.15, -0.1) is 0 Å². The van der Waals surface area contributed by atoms with Gasteiger partial charge < -0.3 is 0 Å². The van der Waals surface area contributed by atoms with Gasteiger partial charge in [0, 0.05) is 0 Å². The van der Waals surface area contributed by atoms with Crippen LogP contribution in [0.15, 0.2) is 41.9 Å². The van der Waals surface area contributed by atoms with Gasteiger partial charge in [0.25, 0.3) is 0 Å². The van der Waals surface area contributed by atoms with Gasteiger partial charge >= 0.3 is 141 Å². The summed E-state index contributed by atoms with van der Waals surface area (Å²) >= 11 is 4.99. The fourth-order valence-corrected chi connectivity index (χ4v) is 1.66. The Balaban J connectivity index is 0.00000289. The summed E-state index contributed by atoms with van der Waals surface area (Å²) in [6, 6.07) is 6.45. The molecule has 0 unspecified atom stereocenters. The van der Waals surface area contributed by atoms with Crippen LogP contribution in [0.4, 0.5) is 5.69 Å². The maximum absolute atomic E-state index is 10.8. The van der Waals surface area contributed by atoms with E-state index in [-0.39, 0.29) is 35.1 Å². The van der Waals surface area contributed by atoms with E-state index in [1.807, 2.05) is 0 Å². The van der Waals surface area contributed by atoms with Crippen molar-refractivity contribution in [2.24, 2.45) is 4.99 Å². The molecule has 0 saturated carbocycles. The van der Waals surface area contributed by atoms with E-state index >= 15 is 0 Å². The molecule has 96 valence electrons. The number of carboxylic acids is 1. The summed E-state index contributed by atoms with van der Waals surface area (Å²) in [4.78, 5) is 14.9. The Morgan fingerprint density at radius 2 is 2.33 bits per heavy atom. The molecule has 0 fully saturated rings. The molecule has 0 aliphatic rings. The molecule has 1 rings (SSSR count). The minimum atomic E-state index is -0.970. The van der Waals surface area contributed by atoms with E-state index in [2.05, 4.69) is 16.9 Å². The van der Waals surface area contributed by atoms with Crippen LogP contribution in [0.25, 0.3) is 0 Å². The van der Waals surface area contributed by atoms with Crippen molar-refractivity contribution in [2.45, 2.75) is 0 Å². The van der Waals surface area contributed by atoms with E-state index in [1.165, 1.54) is 12.1 Å². The molecule has 0 amide bonds. The Morgan fingerprint density at radius 3 is 2.89 bits per heavy atom. The van der Waals surface area contributed by atoms with Gasteiger partial charge in [-0.1, -0.05) is 0 Å². The first-order valence-corrected chi connectivity index (χ1v) is 6.49. The zero-order chi connectivity index (χ0) is 12.7. The van der Waals surface area contributed by atoms with Gasteiger partial charge in [0.05, 0.1) is 0 Å². The average Bonchev–Trinajstić information content (AvgIpc) is 2.34. The Labute approximate surface area is 140 Å². The predicted octanol–water partition coefficient (Wildman–Crippen LogP) is 1.89. The Bertz CT molecular complexity index is 454. The monoisotopic (exact) mass is 322 g/mol. The first kappa shape index (κ1) is 17.8. The third-order valence-corrected chi connectivity index (χ3v) is 2.68. The summed E-state index contributed by atoms with van der Waals surface area (Å²) in [5, 5.41) is 12.3. The first-order chi connectivity index (χ1) is 8.17.